The summed E-state index contributed by atoms with van der Waals surface area (Å²) < 4.78 is 1.74. The zero-order chi connectivity index (χ0) is 10.4. The molecule has 0 aromatic carbocycles. The van der Waals surface area contributed by atoms with Crippen LogP contribution in [0.5, 0.6) is 0 Å². The van der Waals surface area contributed by atoms with E-state index in [2.05, 4.69) is 15.7 Å². The van der Waals surface area contributed by atoms with Crippen LogP contribution in [0.25, 0.3) is 0 Å². The van der Waals surface area contributed by atoms with Crippen molar-refractivity contribution >= 4 is 11.6 Å². The van der Waals surface area contributed by atoms with Gasteiger partial charge in [-0.15, -0.1) is 0 Å². The second-order valence-corrected chi connectivity index (χ2v) is 3.11. The molecule has 0 radical (unpaired) electrons. The summed E-state index contributed by atoms with van der Waals surface area (Å²) in [6, 6.07) is 0. The SMILES string of the molecule is CNC(=O)CCCNc1cnn(C)c1. The van der Waals surface area contributed by atoms with Crippen molar-refractivity contribution in [3.05, 3.63) is 12.4 Å². The van der Waals surface area contributed by atoms with E-state index in [0.717, 1.165) is 18.7 Å². The van der Waals surface area contributed by atoms with Gasteiger partial charge in [0.25, 0.3) is 0 Å². The lowest BCUT2D eigenvalue weighted by atomic mass is 10.3. The molecular weight excluding hydrogens is 180 g/mol. The van der Waals surface area contributed by atoms with Gasteiger partial charge in [-0.2, -0.15) is 5.10 Å². The molecule has 5 nitrogen and oxygen atoms in total. The maximum absolute atomic E-state index is 10.9. The quantitative estimate of drug-likeness (QED) is 0.668. The molecule has 0 saturated heterocycles. The first-order valence-corrected chi connectivity index (χ1v) is 4.65. The van der Waals surface area contributed by atoms with E-state index in [0.29, 0.717) is 6.42 Å². The minimum absolute atomic E-state index is 0.0815. The molecule has 0 aliphatic rings. The predicted octanol–water partition coefficient (Wildman–Crippen LogP) is 0.358. The van der Waals surface area contributed by atoms with E-state index in [9.17, 15) is 4.79 Å². The van der Waals surface area contributed by atoms with Gasteiger partial charge in [0.1, 0.15) is 0 Å². The topological polar surface area (TPSA) is 59.0 Å². The highest BCUT2D eigenvalue weighted by atomic mass is 16.1. The molecule has 0 bridgehead atoms. The number of nitrogens with zero attached hydrogens (tertiary/aromatic N) is 2. The molecule has 0 atom stereocenters. The van der Waals surface area contributed by atoms with Gasteiger partial charge in [0.15, 0.2) is 0 Å². The Balaban J connectivity index is 2.13. The highest BCUT2D eigenvalue weighted by molar-refractivity contribution is 5.75. The lowest BCUT2D eigenvalue weighted by molar-refractivity contribution is -0.120. The summed E-state index contributed by atoms with van der Waals surface area (Å²) in [6.07, 6.45) is 5.05. The fourth-order valence-corrected chi connectivity index (χ4v) is 1.12. The molecule has 78 valence electrons. The van der Waals surface area contributed by atoms with Crippen LogP contribution in [0.4, 0.5) is 5.69 Å². The largest absolute Gasteiger partial charge is 0.382 e. The van der Waals surface area contributed by atoms with Crippen LogP contribution in [0, 0.1) is 0 Å². The molecule has 1 amide bonds. The Morgan fingerprint density at radius 2 is 2.43 bits per heavy atom. The molecule has 0 spiro atoms. The number of carbonyl (C=O) groups excluding carboxylic acids is 1. The van der Waals surface area contributed by atoms with Crippen LogP contribution >= 0.6 is 0 Å². The zero-order valence-electron chi connectivity index (χ0n) is 8.58. The van der Waals surface area contributed by atoms with Crippen molar-refractivity contribution in [2.45, 2.75) is 12.8 Å². The van der Waals surface area contributed by atoms with Gasteiger partial charge in [-0.1, -0.05) is 0 Å². The Morgan fingerprint density at radius 1 is 1.64 bits per heavy atom. The van der Waals surface area contributed by atoms with Crippen molar-refractivity contribution in [1.82, 2.24) is 15.1 Å². The number of hydrogen-bond acceptors (Lipinski definition) is 3. The summed E-state index contributed by atoms with van der Waals surface area (Å²) in [4.78, 5) is 10.9. The van der Waals surface area contributed by atoms with E-state index < -0.39 is 0 Å². The summed E-state index contributed by atoms with van der Waals surface area (Å²) >= 11 is 0. The van der Waals surface area contributed by atoms with E-state index in [-0.39, 0.29) is 5.91 Å². The van der Waals surface area contributed by atoms with Crippen LogP contribution < -0.4 is 10.6 Å². The van der Waals surface area contributed by atoms with E-state index in [1.807, 2.05) is 13.2 Å². The monoisotopic (exact) mass is 196 g/mol. The Bertz CT molecular complexity index is 295. The minimum Gasteiger partial charge on any atom is -0.382 e. The molecule has 5 heteroatoms. The smallest absolute Gasteiger partial charge is 0.219 e. The number of nitrogens with one attached hydrogen (secondary N) is 2. The number of aromatic nitrogens is 2. The third-order valence-electron chi connectivity index (χ3n) is 1.89. The molecule has 1 heterocycles. The lowest BCUT2D eigenvalue weighted by Gasteiger charge is -2.02. The normalized spacial score (nSPS) is 9.86. The molecule has 0 aliphatic heterocycles. The summed E-state index contributed by atoms with van der Waals surface area (Å²) in [5, 5.41) is 9.79. The highest BCUT2D eigenvalue weighted by Crippen LogP contribution is 2.03. The standard InChI is InChI=1S/C9H16N4O/c1-10-9(14)4-3-5-11-8-6-12-13(2)7-8/h6-7,11H,3-5H2,1-2H3,(H,10,14). The molecule has 1 aromatic rings. The minimum atomic E-state index is 0.0815. The third kappa shape index (κ3) is 3.47. The van der Waals surface area contributed by atoms with Crippen LogP contribution in [-0.2, 0) is 11.8 Å². The summed E-state index contributed by atoms with van der Waals surface area (Å²) in [6.45, 7) is 0.791. The van der Waals surface area contributed by atoms with Crippen molar-refractivity contribution in [2.24, 2.45) is 7.05 Å². The lowest BCUT2D eigenvalue weighted by Crippen LogP contribution is -2.18. The number of carbonyl (C=O) groups is 1. The van der Waals surface area contributed by atoms with Crippen LogP contribution in [-0.4, -0.2) is 29.3 Å². The zero-order valence-corrected chi connectivity index (χ0v) is 8.58. The van der Waals surface area contributed by atoms with Crippen molar-refractivity contribution < 1.29 is 4.79 Å². The van der Waals surface area contributed by atoms with Crippen LogP contribution in [0.15, 0.2) is 12.4 Å². The fraction of sp³-hybridized carbons (Fsp3) is 0.556. The van der Waals surface area contributed by atoms with Gasteiger partial charge in [-0.3, -0.25) is 9.48 Å². The molecular formula is C9H16N4O. The summed E-state index contributed by atoms with van der Waals surface area (Å²) in [5.74, 6) is 0.0815. The first-order valence-electron chi connectivity index (χ1n) is 4.65. The third-order valence-corrected chi connectivity index (χ3v) is 1.89. The molecule has 1 rings (SSSR count). The van der Waals surface area contributed by atoms with Crippen LogP contribution in [0.3, 0.4) is 0 Å². The maximum Gasteiger partial charge on any atom is 0.219 e. The van der Waals surface area contributed by atoms with Gasteiger partial charge in [0, 0.05) is 33.3 Å². The van der Waals surface area contributed by atoms with Gasteiger partial charge < -0.3 is 10.6 Å². The van der Waals surface area contributed by atoms with Crippen LogP contribution in [0.1, 0.15) is 12.8 Å². The predicted molar refractivity (Wildman–Crippen MR) is 55.0 cm³/mol. The molecule has 14 heavy (non-hydrogen) atoms. The van der Waals surface area contributed by atoms with Crippen molar-refractivity contribution in [2.75, 3.05) is 18.9 Å². The molecule has 1 aromatic heterocycles. The average Bonchev–Trinajstić information content (AvgIpc) is 2.58. The Hall–Kier alpha value is -1.52. The average molecular weight is 196 g/mol. The summed E-state index contributed by atoms with van der Waals surface area (Å²) in [5.41, 5.74) is 0.990. The van der Waals surface area contributed by atoms with Gasteiger partial charge in [-0.25, -0.2) is 0 Å². The van der Waals surface area contributed by atoms with Crippen molar-refractivity contribution in [3.8, 4) is 0 Å². The van der Waals surface area contributed by atoms with Gasteiger partial charge >= 0.3 is 0 Å². The second kappa shape index (κ2) is 5.26. The van der Waals surface area contributed by atoms with E-state index in [1.54, 1.807) is 17.9 Å². The van der Waals surface area contributed by atoms with Gasteiger partial charge in [0.05, 0.1) is 11.9 Å². The maximum atomic E-state index is 10.9. The van der Waals surface area contributed by atoms with Crippen molar-refractivity contribution in [3.63, 3.8) is 0 Å². The first-order chi connectivity index (χ1) is 6.72. The Labute approximate surface area is 83.5 Å². The van der Waals surface area contributed by atoms with E-state index in [1.165, 1.54) is 0 Å². The molecule has 0 aliphatic carbocycles. The fourth-order valence-electron chi connectivity index (χ4n) is 1.12. The first kappa shape index (κ1) is 10.6. The van der Waals surface area contributed by atoms with Gasteiger partial charge in [-0.05, 0) is 6.42 Å². The van der Waals surface area contributed by atoms with Crippen LogP contribution in [0.2, 0.25) is 0 Å². The molecule has 0 saturated carbocycles. The van der Waals surface area contributed by atoms with Crippen molar-refractivity contribution in [1.29, 1.82) is 0 Å². The second-order valence-electron chi connectivity index (χ2n) is 3.11. The molecule has 0 fully saturated rings. The van der Waals surface area contributed by atoms with Gasteiger partial charge in [0.2, 0.25) is 5.91 Å². The number of anilines is 1. The van der Waals surface area contributed by atoms with E-state index in [4.69, 9.17) is 0 Å². The highest BCUT2D eigenvalue weighted by Gasteiger charge is 1.98. The number of rotatable bonds is 5. The Kier molecular flexibility index (Phi) is 3.97. The molecule has 2 N–H and O–H groups in total. The number of aryl methyl sites for hydroxylation is 1. The molecule has 0 unspecified atom stereocenters. The Morgan fingerprint density at radius 3 is 3.00 bits per heavy atom. The van der Waals surface area contributed by atoms with E-state index >= 15 is 0 Å². The number of hydrogen-bond donors (Lipinski definition) is 2. The summed E-state index contributed by atoms with van der Waals surface area (Å²) in [7, 11) is 3.52. The number of amides is 1.